The monoisotopic (exact) mass is 370 g/mol. The fraction of sp³-hybridized carbons (Fsp3) is 0.562. The number of nitrogens with zero attached hydrogens (tertiary/aromatic N) is 2. The molecule has 0 saturated carbocycles. The highest BCUT2D eigenvalue weighted by Gasteiger charge is 2.26. The van der Waals surface area contributed by atoms with Crippen LogP contribution in [0.5, 0.6) is 5.75 Å². The van der Waals surface area contributed by atoms with Crippen molar-refractivity contribution in [1.82, 2.24) is 9.21 Å². The van der Waals surface area contributed by atoms with Crippen LogP contribution in [0.15, 0.2) is 29.2 Å². The minimum Gasteiger partial charge on any atom is -0.484 e. The van der Waals surface area contributed by atoms with Gasteiger partial charge in [0, 0.05) is 26.2 Å². The molecule has 9 heteroatoms. The molecule has 0 spiro atoms. The highest BCUT2D eigenvalue weighted by Crippen LogP contribution is 2.20. The summed E-state index contributed by atoms with van der Waals surface area (Å²) in [4.78, 5) is 13.9. The van der Waals surface area contributed by atoms with Gasteiger partial charge in [-0.15, -0.1) is 0 Å². The average molecular weight is 370 g/mol. The van der Waals surface area contributed by atoms with Crippen molar-refractivity contribution in [1.29, 1.82) is 0 Å². The van der Waals surface area contributed by atoms with E-state index in [2.05, 4.69) is 0 Å². The summed E-state index contributed by atoms with van der Waals surface area (Å²) >= 11 is 0. The number of rotatable bonds is 5. The number of carbonyl (C=O) groups excluding carboxylic acids is 1. The van der Waals surface area contributed by atoms with E-state index in [1.807, 2.05) is 0 Å². The SMILES string of the molecule is O=C(COc1ccc(S(=O)(=O)N2CCOCC2)cc1)N1CCOCC1. The number of benzene rings is 1. The Kier molecular flexibility index (Phi) is 5.89. The number of carbonyl (C=O) groups is 1. The largest absolute Gasteiger partial charge is 0.484 e. The van der Waals surface area contributed by atoms with Crippen LogP contribution in [0.2, 0.25) is 0 Å². The molecule has 25 heavy (non-hydrogen) atoms. The van der Waals surface area contributed by atoms with Crippen LogP contribution in [0, 0.1) is 0 Å². The van der Waals surface area contributed by atoms with E-state index < -0.39 is 10.0 Å². The molecule has 3 rings (SSSR count). The highest BCUT2D eigenvalue weighted by molar-refractivity contribution is 7.89. The molecular formula is C16H22N2O6S. The molecule has 2 saturated heterocycles. The van der Waals surface area contributed by atoms with Gasteiger partial charge >= 0.3 is 0 Å². The number of morpholine rings is 2. The molecule has 2 heterocycles. The van der Waals surface area contributed by atoms with Crippen molar-refractivity contribution in [3.8, 4) is 5.75 Å². The number of ether oxygens (including phenoxy) is 3. The van der Waals surface area contributed by atoms with Gasteiger partial charge in [-0.2, -0.15) is 4.31 Å². The summed E-state index contributed by atoms with van der Waals surface area (Å²) in [6.45, 7) is 3.67. The molecule has 8 nitrogen and oxygen atoms in total. The van der Waals surface area contributed by atoms with Gasteiger partial charge in [-0.25, -0.2) is 8.42 Å². The molecule has 0 N–H and O–H groups in total. The standard InChI is InChI=1S/C16H22N2O6S/c19-16(17-5-9-22-10-6-17)13-24-14-1-3-15(4-2-14)25(20,21)18-7-11-23-12-8-18/h1-4H,5-13H2. The first-order valence-electron chi connectivity index (χ1n) is 8.24. The third kappa shape index (κ3) is 4.49. The molecule has 1 amide bonds. The summed E-state index contributed by atoms with van der Waals surface area (Å²) in [6.07, 6.45) is 0. The minimum atomic E-state index is -3.52. The molecule has 2 fully saturated rings. The van der Waals surface area contributed by atoms with E-state index in [0.29, 0.717) is 58.4 Å². The second kappa shape index (κ2) is 8.13. The molecule has 0 aromatic heterocycles. The first kappa shape index (κ1) is 18.1. The normalized spacial score (nSPS) is 19.6. The number of hydrogen-bond acceptors (Lipinski definition) is 6. The molecular weight excluding hydrogens is 348 g/mol. The molecule has 138 valence electrons. The molecule has 2 aliphatic heterocycles. The molecule has 1 aromatic rings. The number of amides is 1. The van der Waals surface area contributed by atoms with Gasteiger partial charge in [0.1, 0.15) is 5.75 Å². The van der Waals surface area contributed by atoms with Crippen LogP contribution < -0.4 is 4.74 Å². The zero-order valence-electron chi connectivity index (χ0n) is 13.9. The van der Waals surface area contributed by atoms with Gasteiger partial charge in [0.2, 0.25) is 10.0 Å². The topological polar surface area (TPSA) is 85.4 Å². The minimum absolute atomic E-state index is 0.0738. The van der Waals surface area contributed by atoms with Gasteiger partial charge in [0.15, 0.2) is 6.61 Å². The van der Waals surface area contributed by atoms with E-state index in [9.17, 15) is 13.2 Å². The van der Waals surface area contributed by atoms with E-state index in [1.54, 1.807) is 17.0 Å². The lowest BCUT2D eigenvalue weighted by Gasteiger charge is -2.27. The van der Waals surface area contributed by atoms with E-state index in [-0.39, 0.29) is 17.4 Å². The maximum atomic E-state index is 12.5. The third-order valence-corrected chi connectivity index (χ3v) is 6.07. The maximum absolute atomic E-state index is 12.5. The van der Waals surface area contributed by atoms with Crippen LogP contribution in [0.3, 0.4) is 0 Å². The maximum Gasteiger partial charge on any atom is 0.260 e. The Labute approximate surface area is 147 Å². The highest BCUT2D eigenvalue weighted by atomic mass is 32.2. The summed E-state index contributed by atoms with van der Waals surface area (Å²) in [5.41, 5.74) is 0. The van der Waals surface area contributed by atoms with Crippen LogP contribution in [0.4, 0.5) is 0 Å². The summed E-state index contributed by atoms with van der Waals surface area (Å²) in [5.74, 6) is 0.357. The van der Waals surface area contributed by atoms with Crippen LogP contribution in [0.25, 0.3) is 0 Å². The van der Waals surface area contributed by atoms with Crippen molar-refractivity contribution in [2.75, 3.05) is 59.2 Å². The van der Waals surface area contributed by atoms with Crippen LogP contribution >= 0.6 is 0 Å². The van der Waals surface area contributed by atoms with Crippen molar-refractivity contribution < 1.29 is 27.4 Å². The average Bonchev–Trinajstić information content (AvgIpc) is 2.68. The lowest BCUT2D eigenvalue weighted by atomic mass is 10.3. The van der Waals surface area contributed by atoms with Crippen LogP contribution in [-0.4, -0.2) is 82.7 Å². The Morgan fingerprint density at radius 2 is 1.52 bits per heavy atom. The van der Waals surface area contributed by atoms with Crippen molar-refractivity contribution in [3.05, 3.63) is 24.3 Å². The molecule has 0 radical (unpaired) electrons. The molecule has 0 aliphatic carbocycles. The van der Waals surface area contributed by atoms with Crippen molar-refractivity contribution in [3.63, 3.8) is 0 Å². The molecule has 0 bridgehead atoms. The Hall–Kier alpha value is -1.68. The zero-order chi connectivity index (χ0) is 17.7. The predicted octanol–water partition coefficient (Wildman–Crippen LogP) is -0.0549. The summed E-state index contributed by atoms with van der Waals surface area (Å²) in [5, 5.41) is 0. The summed E-state index contributed by atoms with van der Waals surface area (Å²) < 4.78 is 42.3. The number of hydrogen-bond donors (Lipinski definition) is 0. The van der Waals surface area contributed by atoms with Crippen molar-refractivity contribution >= 4 is 15.9 Å². The predicted molar refractivity (Wildman–Crippen MR) is 88.9 cm³/mol. The Morgan fingerprint density at radius 3 is 2.12 bits per heavy atom. The second-order valence-electron chi connectivity index (χ2n) is 5.77. The van der Waals surface area contributed by atoms with E-state index in [0.717, 1.165) is 0 Å². The van der Waals surface area contributed by atoms with Crippen molar-refractivity contribution in [2.24, 2.45) is 0 Å². The third-order valence-electron chi connectivity index (χ3n) is 4.16. The van der Waals surface area contributed by atoms with Crippen LogP contribution in [0.1, 0.15) is 0 Å². The Morgan fingerprint density at radius 1 is 0.960 bits per heavy atom. The fourth-order valence-corrected chi connectivity index (χ4v) is 4.10. The second-order valence-corrected chi connectivity index (χ2v) is 7.71. The first-order chi connectivity index (χ1) is 12.1. The summed E-state index contributed by atoms with van der Waals surface area (Å²) in [6, 6.07) is 6.14. The van der Waals surface area contributed by atoms with Gasteiger partial charge in [-0.1, -0.05) is 0 Å². The van der Waals surface area contributed by atoms with Crippen LogP contribution in [-0.2, 0) is 24.3 Å². The van der Waals surface area contributed by atoms with Gasteiger partial charge in [-0.05, 0) is 24.3 Å². The Balaban J connectivity index is 1.57. The molecule has 2 aliphatic rings. The molecule has 1 aromatic carbocycles. The summed E-state index contributed by atoms with van der Waals surface area (Å²) in [7, 11) is -3.52. The van der Waals surface area contributed by atoms with Gasteiger partial charge in [-0.3, -0.25) is 4.79 Å². The zero-order valence-corrected chi connectivity index (χ0v) is 14.7. The first-order valence-corrected chi connectivity index (χ1v) is 9.68. The smallest absolute Gasteiger partial charge is 0.260 e. The lowest BCUT2D eigenvalue weighted by molar-refractivity contribution is -0.137. The fourth-order valence-electron chi connectivity index (χ4n) is 2.69. The van der Waals surface area contributed by atoms with Gasteiger partial charge < -0.3 is 19.1 Å². The lowest BCUT2D eigenvalue weighted by Crippen LogP contribution is -2.43. The van der Waals surface area contributed by atoms with Gasteiger partial charge in [0.25, 0.3) is 5.91 Å². The van der Waals surface area contributed by atoms with E-state index >= 15 is 0 Å². The van der Waals surface area contributed by atoms with Gasteiger partial charge in [0.05, 0.1) is 31.3 Å². The van der Waals surface area contributed by atoms with E-state index in [4.69, 9.17) is 14.2 Å². The molecule has 0 unspecified atom stereocenters. The van der Waals surface area contributed by atoms with Crippen molar-refractivity contribution in [2.45, 2.75) is 4.90 Å². The quantitative estimate of drug-likeness (QED) is 0.722. The Bertz CT molecular complexity index is 679. The number of sulfonamides is 1. The molecule has 0 atom stereocenters. The van der Waals surface area contributed by atoms with E-state index in [1.165, 1.54) is 16.4 Å².